The van der Waals surface area contributed by atoms with E-state index in [1.165, 1.54) is 23.5 Å². The largest absolute Gasteiger partial charge is 0.417 e. The lowest BCUT2D eigenvalue weighted by atomic mass is 10.2. The molecule has 0 fully saturated rings. The van der Waals surface area contributed by atoms with Crippen LogP contribution in [0.3, 0.4) is 0 Å². The lowest BCUT2D eigenvalue weighted by Gasteiger charge is -2.11. The highest BCUT2D eigenvalue weighted by atomic mass is 79.9. The number of amides is 1. The Morgan fingerprint density at radius 2 is 2.00 bits per heavy atom. The Kier molecular flexibility index (Phi) is 4.46. The van der Waals surface area contributed by atoms with Crippen molar-refractivity contribution >= 4 is 51.5 Å². The lowest BCUT2D eigenvalue weighted by Crippen LogP contribution is -2.12. The molecule has 0 saturated carbocycles. The molecule has 0 aliphatic heterocycles. The fraction of sp³-hybridized carbons (Fsp3) is 0.0833. The van der Waals surface area contributed by atoms with Crippen molar-refractivity contribution < 1.29 is 18.0 Å². The van der Waals surface area contributed by atoms with Gasteiger partial charge in [-0.05, 0) is 24.3 Å². The highest BCUT2D eigenvalue weighted by Gasteiger charge is 2.33. The summed E-state index contributed by atoms with van der Waals surface area (Å²) in [6.07, 6.45) is -4.49. The molecule has 0 bridgehead atoms. The van der Waals surface area contributed by atoms with Gasteiger partial charge in [-0.3, -0.25) is 4.79 Å². The lowest BCUT2D eigenvalue weighted by molar-refractivity contribution is -0.138. The summed E-state index contributed by atoms with van der Waals surface area (Å²) in [4.78, 5) is 12.9. The van der Waals surface area contributed by atoms with Gasteiger partial charge in [-0.15, -0.1) is 24.0 Å². The maximum absolute atomic E-state index is 12.7. The molecule has 8 heteroatoms. The molecule has 2 aromatic rings. The number of alkyl halides is 3. The molecule has 2 rings (SSSR count). The third-order valence-corrected chi connectivity index (χ3v) is 4.39. The van der Waals surface area contributed by atoms with Crippen LogP contribution in [0.2, 0.25) is 0 Å². The Labute approximate surface area is 130 Å². The molecule has 1 heterocycles. The molecular weight excluding hydrogens is 375 g/mol. The van der Waals surface area contributed by atoms with E-state index in [9.17, 15) is 18.0 Å². The van der Waals surface area contributed by atoms with Gasteiger partial charge in [0.25, 0.3) is 5.91 Å². The average Bonchev–Trinajstić information content (AvgIpc) is 2.77. The van der Waals surface area contributed by atoms with Crippen LogP contribution in [0.25, 0.3) is 0 Å². The molecule has 1 aromatic heterocycles. The summed E-state index contributed by atoms with van der Waals surface area (Å²) in [5, 5.41) is 4.10. The van der Waals surface area contributed by atoms with Crippen molar-refractivity contribution in [3.05, 3.63) is 44.6 Å². The van der Waals surface area contributed by atoms with E-state index in [0.717, 1.165) is 6.07 Å². The summed E-state index contributed by atoms with van der Waals surface area (Å²) in [5.41, 5.74) is -0.754. The molecule has 2 nitrogen and oxygen atoms in total. The van der Waals surface area contributed by atoms with Gasteiger partial charge in [0.05, 0.1) is 10.4 Å². The monoisotopic (exact) mass is 381 g/mol. The van der Waals surface area contributed by atoms with Crippen molar-refractivity contribution in [2.24, 2.45) is 0 Å². The first kappa shape index (κ1) is 15.4. The maximum atomic E-state index is 12.7. The molecule has 0 saturated heterocycles. The first-order valence-electron chi connectivity index (χ1n) is 5.23. The van der Waals surface area contributed by atoms with E-state index in [-0.39, 0.29) is 10.2 Å². The Hall–Kier alpha value is -0.990. The van der Waals surface area contributed by atoms with Gasteiger partial charge in [0.2, 0.25) is 0 Å². The average molecular weight is 382 g/mol. The van der Waals surface area contributed by atoms with Crippen molar-refractivity contribution in [1.82, 2.24) is 0 Å². The first-order valence-corrected chi connectivity index (χ1v) is 7.35. The Morgan fingerprint density at radius 3 is 2.55 bits per heavy atom. The third-order valence-electron chi connectivity index (χ3n) is 2.34. The quantitative estimate of drug-likeness (QED) is 0.698. The second-order valence-electron chi connectivity index (χ2n) is 3.82. The number of thiol groups is 1. The van der Waals surface area contributed by atoms with Gasteiger partial charge in [-0.1, -0.05) is 15.9 Å². The van der Waals surface area contributed by atoms with Crippen molar-refractivity contribution in [1.29, 1.82) is 0 Å². The molecule has 106 valence electrons. The minimum absolute atomic E-state index is 0.0724. The standard InChI is InChI=1S/C12H7BrF3NOS2/c13-9-2-1-6(3-8(9)12(14,15)16)17-11(18)10-4-7(19)5-20-10/h1-5,19H,(H,17,18). The number of benzene rings is 1. The van der Waals surface area contributed by atoms with Crippen LogP contribution in [0.15, 0.2) is 39.0 Å². The number of carbonyl (C=O) groups is 1. The van der Waals surface area contributed by atoms with E-state index < -0.39 is 17.6 Å². The van der Waals surface area contributed by atoms with Crippen molar-refractivity contribution in [3.63, 3.8) is 0 Å². The molecule has 0 atom stereocenters. The summed E-state index contributed by atoms with van der Waals surface area (Å²) in [6.45, 7) is 0. The summed E-state index contributed by atoms with van der Waals surface area (Å²) in [5.74, 6) is -0.467. The molecule has 0 radical (unpaired) electrons. The van der Waals surface area contributed by atoms with Gasteiger partial charge in [-0.25, -0.2) is 0 Å². The Bertz CT molecular complexity index is 654. The van der Waals surface area contributed by atoms with E-state index in [1.54, 1.807) is 11.4 Å². The van der Waals surface area contributed by atoms with Crippen LogP contribution < -0.4 is 5.32 Å². The normalized spacial score (nSPS) is 11.4. The minimum Gasteiger partial charge on any atom is -0.321 e. The van der Waals surface area contributed by atoms with E-state index in [0.29, 0.717) is 9.77 Å². The van der Waals surface area contributed by atoms with E-state index in [1.807, 2.05) is 0 Å². The first-order chi connectivity index (χ1) is 9.27. The van der Waals surface area contributed by atoms with Gasteiger partial charge in [0.15, 0.2) is 0 Å². The van der Waals surface area contributed by atoms with E-state index >= 15 is 0 Å². The number of halogens is 4. The van der Waals surface area contributed by atoms with Crippen LogP contribution in [0.4, 0.5) is 18.9 Å². The topological polar surface area (TPSA) is 29.1 Å². The summed E-state index contributed by atoms with van der Waals surface area (Å²) < 4.78 is 38.2. The van der Waals surface area contributed by atoms with Crippen molar-refractivity contribution in [3.8, 4) is 0 Å². The molecule has 1 aromatic carbocycles. The van der Waals surface area contributed by atoms with E-state index in [2.05, 4.69) is 33.9 Å². The Balaban J connectivity index is 2.24. The van der Waals surface area contributed by atoms with Gasteiger partial charge < -0.3 is 5.32 Å². The van der Waals surface area contributed by atoms with Gasteiger partial charge >= 0.3 is 6.18 Å². The number of nitrogens with one attached hydrogen (secondary N) is 1. The molecule has 1 amide bonds. The number of rotatable bonds is 2. The zero-order valence-electron chi connectivity index (χ0n) is 9.66. The fourth-order valence-corrected chi connectivity index (χ4v) is 2.97. The summed E-state index contributed by atoms with van der Waals surface area (Å²) >= 11 is 8.08. The molecule has 0 aliphatic rings. The summed E-state index contributed by atoms with van der Waals surface area (Å²) in [6, 6.07) is 5.08. The van der Waals surface area contributed by atoms with Crippen molar-refractivity contribution in [2.45, 2.75) is 11.1 Å². The van der Waals surface area contributed by atoms with Crippen molar-refractivity contribution in [2.75, 3.05) is 5.32 Å². The number of carbonyl (C=O) groups excluding carboxylic acids is 1. The molecule has 0 aliphatic carbocycles. The third kappa shape index (κ3) is 3.56. The van der Waals surface area contributed by atoms with Crippen LogP contribution in [0.5, 0.6) is 0 Å². The number of hydrogen-bond donors (Lipinski definition) is 2. The maximum Gasteiger partial charge on any atom is 0.417 e. The molecular formula is C12H7BrF3NOS2. The SMILES string of the molecule is O=C(Nc1ccc(Br)c(C(F)(F)F)c1)c1cc(S)cs1. The Morgan fingerprint density at radius 1 is 1.30 bits per heavy atom. The molecule has 1 N–H and O–H groups in total. The molecule has 0 spiro atoms. The second-order valence-corrected chi connectivity index (χ2v) is 6.10. The molecule has 0 unspecified atom stereocenters. The number of hydrogen-bond acceptors (Lipinski definition) is 3. The zero-order chi connectivity index (χ0) is 14.9. The number of anilines is 1. The predicted octanol–water partition coefficient (Wildman–Crippen LogP) is 5.07. The van der Waals surface area contributed by atoms with Crippen LogP contribution in [-0.4, -0.2) is 5.91 Å². The highest BCUT2D eigenvalue weighted by molar-refractivity contribution is 9.10. The molecule has 20 heavy (non-hydrogen) atoms. The smallest absolute Gasteiger partial charge is 0.321 e. The van der Waals surface area contributed by atoms with E-state index in [4.69, 9.17) is 0 Å². The summed E-state index contributed by atoms with van der Waals surface area (Å²) in [7, 11) is 0. The van der Waals surface area contributed by atoms with Crippen LogP contribution in [0.1, 0.15) is 15.2 Å². The van der Waals surface area contributed by atoms with Gasteiger partial charge in [-0.2, -0.15) is 13.2 Å². The second kappa shape index (κ2) is 5.79. The minimum atomic E-state index is -4.49. The predicted molar refractivity (Wildman–Crippen MR) is 78.7 cm³/mol. The number of thiophene rings is 1. The zero-order valence-corrected chi connectivity index (χ0v) is 13.0. The van der Waals surface area contributed by atoms with Crippen LogP contribution in [-0.2, 0) is 6.18 Å². The van der Waals surface area contributed by atoms with Crippen LogP contribution >= 0.6 is 39.9 Å². The highest BCUT2D eigenvalue weighted by Crippen LogP contribution is 2.36. The van der Waals surface area contributed by atoms with Gasteiger partial charge in [0, 0.05) is 20.4 Å². The van der Waals surface area contributed by atoms with Crippen LogP contribution in [0, 0.1) is 0 Å². The fourth-order valence-electron chi connectivity index (χ4n) is 1.46. The van der Waals surface area contributed by atoms with Gasteiger partial charge in [0.1, 0.15) is 0 Å².